The van der Waals surface area contributed by atoms with E-state index in [0.717, 1.165) is 55.9 Å². The van der Waals surface area contributed by atoms with Crippen LogP contribution >= 0.6 is 0 Å². The second-order valence-corrected chi connectivity index (χ2v) is 13.0. The molecule has 1 heterocycles. The number of aliphatic hydroxyl groups is 1. The Morgan fingerprint density at radius 2 is 1.97 bits per heavy atom. The van der Waals surface area contributed by atoms with Gasteiger partial charge >= 0.3 is 0 Å². The Bertz CT molecular complexity index is 760. The van der Waals surface area contributed by atoms with Crippen LogP contribution in [0.25, 0.3) is 0 Å². The Balaban J connectivity index is 1.26. The SMILES string of the molecule is CC(CCC(=O)N1CCC[C@@H]1C)[C@H]1CC[C@H]2[C@@H]3CC=C4C[C@@H](O)CC[C@]4(C)[C@H]3CC[C@]12C. The summed E-state index contributed by atoms with van der Waals surface area (Å²) in [5, 5.41) is 10.3. The van der Waals surface area contributed by atoms with Gasteiger partial charge in [-0.25, -0.2) is 0 Å². The number of rotatable bonds is 4. The van der Waals surface area contributed by atoms with Gasteiger partial charge in [0.2, 0.25) is 5.91 Å². The molecule has 0 aromatic heterocycles. The fourth-order valence-electron chi connectivity index (χ4n) is 9.62. The minimum atomic E-state index is -0.109. The zero-order valence-electron chi connectivity index (χ0n) is 21.1. The second kappa shape index (κ2) is 8.43. The van der Waals surface area contributed by atoms with E-state index in [0.29, 0.717) is 28.7 Å². The molecule has 0 radical (unpaired) electrons. The van der Waals surface area contributed by atoms with Crippen molar-refractivity contribution >= 4 is 5.91 Å². The maximum absolute atomic E-state index is 12.8. The zero-order chi connectivity index (χ0) is 22.7. The van der Waals surface area contributed by atoms with Gasteiger partial charge in [-0.05, 0) is 118 Å². The van der Waals surface area contributed by atoms with Crippen LogP contribution in [0.2, 0.25) is 0 Å². The number of fused-ring (bicyclic) bond motifs is 5. The summed E-state index contributed by atoms with van der Waals surface area (Å²) in [4.78, 5) is 15.0. The van der Waals surface area contributed by atoms with Crippen LogP contribution in [0.15, 0.2) is 11.6 Å². The van der Waals surface area contributed by atoms with Crippen LogP contribution in [-0.2, 0) is 4.79 Å². The van der Waals surface area contributed by atoms with Crippen molar-refractivity contribution < 1.29 is 9.90 Å². The lowest BCUT2D eigenvalue weighted by molar-refractivity contribution is -0.132. The van der Waals surface area contributed by atoms with Gasteiger partial charge < -0.3 is 10.0 Å². The summed E-state index contributed by atoms with van der Waals surface area (Å²) in [6.45, 7) is 10.8. The summed E-state index contributed by atoms with van der Waals surface area (Å²) in [5.74, 6) is 4.34. The first kappa shape index (κ1) is 22.9. The summed E-state index contributed by atoms with van der Waals surface area (Å²) in [5.41, 5.74) is 2.38. The molecule has 1 N–H and O–H groups in total. The smallest absolute Gasteiger partial charge is 0.222 e. The molecular weight excluding hydrogens is 394 g/mol. The lowest BCUT2D eigenvalue weighted by Gasteiger charge is -2.58. The highest BCUT2D eigenvalue weighted by atomic mass is 16.3. The standard InChI is InChI=1S/C29H47NO2/c1-19(7-12-27(32)30-17-5-6-20(30)2)24-10-11-25-23-9-8-21-18-22(31)13-15-28(21,3)26(23)14-16-29(24,25)4/h8,19-20,22-26,31H,5-7,9-18H2,1-4H3/t19?,20-,22-,23-,24+,25-,26-,28-,29+/m0/s1. The highest BCUT2D eigenvalue weighted by Crippen LogP contribution is 2.67. The van der Waals surface area contributed by atoms with Crippen molar-refractivity contribution in [1.82, 2.24) is 4.90 Å². The molecule has 0 spiro atoms. The number of carbonyl (C=O) groups excluding carboxylic acids is 1. The van der Waals surface area contributed by atoms with Crippen molar-refractivity contribution in [3.05, 3.63) is 11.6 Å². The first-order valence-electron chi connectivity index (χ1n) is 13.9. The van der Waals surface area contributed by atoms with Crippen molar-refractivity contribution in [3.63, 3.8) is 0 Å². The van der Waals surface area contributed by atoms with Gasteiger partial charge in [0.1, 0.15) is 0 Å². The molecule has 0 aromatic carbocycles. The lowest BCUT2D eigenvalue weighted by Crippen LogP contribution is -2.50. The van der Waals surface area contributed by atoms with E-state index in [1.54, 1.807) is 5.57 Å². The molecule has 4 aliphatic carbocycles. The van der Waals surface area contributed by atoms with E-state index in [9.17, 15) is 9.90 Å². The number of hydrogen-bond acceptors (Lipinski definition) is 2. The molecule has 4 fully saturated rings. The van der Waals surface area contributed by atoms with Crippen LogP contribution in [0, 0.1) is 40.4 Å². The van der Waals surface area contributed by atoms with Gasteiger partial charge in [0.25, 0.3) is 0 Å². The van der Waals surface area contributed by atoms with Crippen LogP contribution in [0.4, 0.5) is 0 Å². The maximum Gasteiger partial charge on any atom is 0.222 e. The molecule has 1 aliphatic heterocycles. The predicted octanol–water partition coefficient (Wildman–Crippen LogP) is 6.35. The molecule has 1 unspecified atom stereocenters. The largest absolute Gasteiger partial charge is 0.393 e. The number of amides is 1. The molecule has 3 heteroatoms. The second-order valence-electron chi connectivity index (χ2n) is 13.0. The Labute approximate surface area is 196 Å². The van der Waals surface area contributed by atoms with Crippen LogP contribution in [0.3, 0.4) is 0 Å². The number of hydrogen-bond donors (Lipinski definition) is 1. The van der Waals surface area contributed by atoms with Crippen LogP contribution in [0.5, 0.6) is 0 Å². The molecule has 0 aromatic rings. The number of nitrogens with zero attached hydrogens (tertiary/aromatic N) is 1. The molecule has 0 bridgehead atoms. The van der Waals surface area contributed by atoms with Gasteiger partial charge in [0.05, 0.1) is 6.10 Å². The van der Waals surface area contributed by atoms with Crippen molar-refractivity contribution in [2.45, 2.75) is 117 Å². The first-order valence-corrected chi connectivity index (χ1v) is 13.9. The number of carbonyl (C=O) groups is 1. The van der Waals surface area contributed by atoms with Gasteiger partial charge in [0, 0.05) is 19.0 Å². The van der Waals surface area contributed by atoms with E-state index in [-0.39, 0.29) is 6.10 Å². The highest BCUT2D eigenvalue weighted by Gasteiger charge is 2.59. The number of aliphatic hydroxyl groups excluding tert-OH is 1. The van der Waals surface area contributed by atoms with Crippen molar-refractivity contribution in [2.24, 2.45) is 40.4 Å². The molecule has 180 valence electrons. The van der Waals surface area contributed by atoms with Crippen molar-refractivity contribution in [1.29, 1.82) is 0 Å². The molecule has 5 aliphatic rings. The summed E-state index contributed by atoms with van der Waals surface area (Å²) in [6.07, 6.45) is 16.5. The minimum absolute atomic E-state index is 0.109. The highest BCUT2D eigenvalue weighted by molar-refractivity contribution is 5.76. The Hall–Kier alpha value is -0.830. The van der Waals surface area contributed by atoms with Gasteiger partial charge in [-0.2, -0.15) is 0 Å². The van der Waals surface area contributed by atoms with Gasteiger partial charge in [-0.3, -0.25) is 4.79 Å². The van der Waals surface area contributed by atoms with Crippen molar-refractivity contribution in [3.8, 4) is 0 Å². The van der Waals surface area contributed by atoms with Gasteiger partial charge in [0.15, 0.2) is 0 Å². The maximum atomic E-state index is 12.8. The monoisotopic (exact) mass is 441 g/mol. The molecule has 1 saturated heterocycles. The third-order valence-corrected chi connectivity index (χ3v) is 11.5. The van der Waals surface area contributed by atoms with E-state index in [1.165, 1.54) is 51.4 Å². The lowest BCUT2D eigenvalue weighted by atomic mass is 9.47. The van der Waals surface area contributed by atoms with Gasteiger partial charge in [-0.15, -0.1) is 0 Å². The third-order valence-electron chi connectivity index (χ3n) is 11.5. The van der Waals surface area contributed by atoms with E-state index in [2.05, 4.69) is 38.7 Å². The van der Waals surface area contributed by atoms with Crippen molar-refractivity contribution in [2.75, 3.05) is 6.54 Å². The molecule has 3 saturated carbocycles. The van der Waals surface area contributed by atoms with E-state index in [4.69, 9.17) is 0 Å². The Kier molecular flexibility index (Phi) is 6.05. The topological polar surface area (TPSA) is 40.5 Å². The molecule has 5 rings (SSSR count). The summed E-state index contributed by atoms with van der Waals surface area (Å²) >= 11 is 0. The molecular formula is C29H47NO2. The first-order chi connectivity index (χ1) is 15.2. The minimum Gasteiger partial charge on any atom is -0.393 e. The van der Waals surface area contributed by atoms with E-state index < -0.39 is 0 Å². The van der Waals surface area contributed by atoms with Crippen LogP contribution in [-0.4, -0.2) is 34.6 Å². The number of likely N-dealkylation sites (tertiary alicyclic amines) is 1. The average Bonchev–Trinajstić information content (AvgIpc) is 3.35. The molecule has 1 amide bonds. The summed E-state index contributed by atoms with van der Waals surface area (Å²) in [7, 11) is 0. The predicted molar refractivity (Wildman–Crippen MR) is 130 cm³/mol. The van der Waals surface area contributed by atoms with E-state index in [1.807, 2.05) is 0 Å². The van der Waals surface area contributed by atoms with Crippen LogP contribution in [0.1, 0.15) is 105 Å². The number of allylic oxidation sites excluding steroid dienone is 1. The van der Waals surface area contributed by atoms with E-state index >= 15 is 0 Å². The third kappa shape index (κ3) is 3.60. The zero-order valence-corrected chi connectivity index (χ0v) is 21.1. The fourth-order valence-corrected chi connectivity index (χ4v) is 9.62. The summed E-state index contributed by atoms with van der Waals surface area (Å²) in [6, 6.07) is 0.452. The Morgan fingerprint density at radius 3 is 2.72 bits per heavy atom. The molecule has 9 atom stereocenters. The Morgan fingerprint density at radius 1 is 1.16 bits per heavy atom. The van der Waals surface area contributed by atoms with Crippen LogP contribution < -0.4 is 0 Å². The fraction of sp³-hybridized carbons (Fsp3) is 0.897. The average molecular weight is 442 g/mol. The normalized spacial score (nSPS) is 46.8. The summed E-state index contributed by atoms with van der Waals surface area (Å²) < 4.78 is 0. The quantitative estimate of drug-likeness (QED) is 0.516. The molecule has 32 heavy (non-hydrogen) atoms. The molecule has 3 nitrogen and oxygen atoms in total. The van der Waals surface area contributed by atoms with Gasteiger partial charge in [-0.1, -0.05) is 32.4 Å².